The summed E-state index contributed by atoms with van der Waals surface area (Å²) in [5, 5.41) is 9.11. The Labute approximate surface area is 113 Å². The third-order valence-electron chi connectivity index (χ3n) is 5.60. The quantitative estimate of drug-likeness (QED) is 0.875. The van der Waals surface area contributed by atoms with Gasteiger partial charge in [-0.05, 0) is 56.3 Å². The summed E-state index contributed by atoms with van der Waals surface area (Å²) in [6, 6.07) is -0.484. The Hall–Kier alpha value is -0.870. The van der Waals surface area contributed by atoms with E-state index in [0.717, 1.165) is 23.5 Å². The van der Waals surface area contributed by atoms with Crippen molar-refractivity contribution in [2.24, 2.45) is 23.5 Å². The summed E-state index contributed by atoms with van der Waals surface area (Å²) in [4.78, 5) is 4.29. The fourth-order valence-corrected chi connectivity index (χ4v) is 5.19. The molecule has 0 spiro atoms. The van der Waals surface area contributed by atoms with Gasteiger partial charge in [-0.25, -0.2) is 4.98 Å². The van der Waals surface area contributed by atoms with Crippen molar-refractivity contribution in [3.63, 3.8) is 0 Å². The molecule has 1 aromatic rings. The fourth-order valence-electron chi connectivity index (χ4n) is 5.19. The highest BCUT2D eigenvalue weighted by Gasteiger charge is 2.53. The molecule has 0 aliphatic heterocycles. The van der Waals surface area contributed by atoms with Crippen molar-refractivity contribution in [2.45, 2.75) is 50.0 Å². The highest BCUT2D eigenvalue weighted by molar-refractivity contribution is 5.19. The van der Waals surface area contributed by atoms with Gasteiger partial charge in [0.05, 0.1) is 12.8 Å². The Kier molecular flexibility index (Phi) is 2.55. The van der Waals surface area contributed by atoms with Gasteiger partial charge in [0.25, 0.3) is 0 Å². The molecule has 4 aliphatic carbocycles. The molecule has 104 valence electrons. The van der Waals surface area contributed by atoms with Crippen molar-refractivity contribution >= 4 is 0 Å². The molecule has 4 saturated carbocycles. The van der Waals surface area contributed by atoms with Gasteiger partial charge in [0.2, 0.25) is 5.89 Å². The summed E-state index contributed by atoms with van der Waals surface area (Å²) in [5.41, 5.74) is 6.02. The molecule has 4 heteroatoms. The molecule has 1 unspecified atom stereocenters. The Balaban J connectivity index is 1.66. The van der Waals surface area contributed by atoms with Gasteiger partial charge in [-0.2, -0.15) is 0 Å². The van der Waals surface area contributed by atoms with E-state index >= 15 is 0 Å². The van der Waals surface area contributed by atoms with Crippen LogP contribution in [-0.2, 0) is 5.41 Å². The Bertz CT molecular complexity index is 447. The van der Waals surface area contributed by atoms with Gasteiger partial charge in [-0.3, -0.25) is 0 Å². The zero-order valence-electron chi connectivity index (χ0n) is 11.2. The van der Waals surface area contributed by atoms with Gasteiger partial charge in [-0.1, -0.05) is 0 Å². The lowest BCUT2D eigenvalue weighted by Crippen LogP contribution is -2.48. The Morgan fingerprint density at radius 3 is 2.37 bits per heavy atom. The van der Waals surface area contributed by atoms with E-state index < -0.39 is 6.04 Å². The molecule has 0 saturated heterocycles. The number of aliphatic hydroxyl groups is 1. The van der Waals surface area contributed by atoms with Crippen LogP contribution in [0.15, 0.2) is 10.6 Å². The minimum absolute atomic E-state index is 0.110. The first kappa shape index (κ1) is 11.9. The summed E-state index contributed by atoms with van der Waals surface area (Å²) in [7, 11) is 0. The topological polar surface area (TPSA) is 72.3 Å². The summed E-state index contributed by atoms with van der Waals surface area (Å²) in [6.45, 7) is -0.110. The largest absolute Gasteiger partial charge is 0.443 e. The summed E-state index contributed by atoms with van der Waals surface area (Å²) < 4.78 is 5.93. The molecule has 0 aromatic carbocycles. The van der Waals surface area contributed by atoms with Crippen molar-refractivity contribution in [1.29, 1.82) is 0 Å². The number of oxazole rings is 1. The standard InChI is InChI=1S/C15H22N2O2/c16-12(8-18)14-17-7-13(19-14)15-4-9-1-10(5-15)3-11(2-9)6-15/h7,9-12,18H,1-6,8,16H2. The van der Waals surface area contributed by atoms with Crippen LogP contribution in [0.1, 0.15) is 56.2 Å². The SMILES string of the molecule is NC(CO)c1ncc(C23CC4CC(CC(C4)C2)C3)o1. The summed E-state index contributed by atoms with van der Waals surface area (Å²) in [5.74, 6) is 4.21. The molecule has 4 aliphatic rings. The average Bonchev–Trinajstić information content (AvgIpc) is 2.86. The molecule has 1 atom stereocenters. The van der Waals surface area contributed by atoms with E-state index in [-0.39, 0.29) is 12.0 Å². The summed E-state index contributed by atoms with van der Waals surface area (Å²) in [6.07, 6.45) is 9.95. The van der Waals surface area contributed by atoms with E-state index in [1.807, 2.05) is 6.20 Å². The molecule has 4 nitrogen and oxygen atoms in total. The molecule has 0 amide bonds. The smallest absolute Gasteiger partial charge is 0.213 e. The normalized spacial score (nSPS) is 41.7. The van der Waals surface area contributed by atoms with Crippen molar-refractivity contribution in [2.75, 3.05) is 6.61 Å². The van der Waals surface area contributed by atoms with Crippen LogP contribution < -0.4 is 5.73 Å². The van der Waals surface area contributed by atoms with Gasteiger partial charge in [-0.15, -0.1) is 0 Å². The highest BCUT2D eigenvalue weighted by Crippen LogP contribution is 2.60. The molecular formula is C15H22N2O2. The highest BCUT2D eigenvalue weighted by atomic mass is 16.4. The number of aromatic nitrogens is 1. The van der Waals surface area contributed by atoms with Gasteiger partial charge in [0.15, 0.2) is 0 Å². The fraction of sp³-hybridized carbons (Fsp3) is 0.800. The predicted molar refractivity (Wildman–Crippen MR) is 70.4 cm³/mol. The van der Waals surface area contributed by atoms with E-state index in [2.05, 4.69) is 4.98 Å². The molecule has 1 aromatic heterocycles. The molecular weight excluding hydrogens is 240 g/mol. The third-order valence-corrected chi connectivity index (χ3v) is 5.60. The predicted octanol–water partition coefficient (Wildman–Crippen LogP) is 2.13. The number of hydrogen-bond donors (Lipinski definition) is 2. The minimum Gasteiger partial charge on any atom is -0.443 e. The molecule has 4 fully saturated rings. The second kappa shape index (κ2) is 4.06. The van der Waals surface area contributed by atoms with E-state index in [9.17, 15) is 0 Å². The minimum atomic E-state index is -0.484. The number of nitrogens with two attached hydrogens (primary N) is 1. The van der Waals surface area contributed by atoms with Crippen molar-refractivity contribution in [1.82, 2.24) is 4.98 Å². The molecule has 4 bridgehead atoms. The van der Waals surface area contributed by atoms with E-state index in [4.69, 9.17) is 15.3 Å². The van der Waals surface area contributed by atoms with Crippen LogP contribution >= 0.6 is 0 Å². The maximum Gasteiger partial charge on any atom is 0.213 e. The first-order valence-corrected chi connectivity index (χ1v) is 7.51. The zero-order chi connectivity index (χ0) is 13.0. The number of rotatable bonds is 3. The van der Waals surface area contributed by atoms with Gasteiger partial charge in [0, 0.05) is 5.41 Å². The lowest BCUT2D eigenvalue weighted by Gasteiger charge is -2.55. The van der Waals surface area contributed by atoms with Crippen LogP contribution in [0, 0.1) is 17.8 Å². The first-order chi connectivity index (χ1) is 9.18. The van der Waals surface area contributed by atoms with E-state index in [0.29, 0.717) is 5.89 Å². The molecule has 1 heterocycles. The summed E-state index contributed by atoms with van der Waals surface area (Å²) >= 11 is 0. The van der Waals surface area contributed by atoms with Crippen LogP contribution in [-0.4, -0.2) is 16.7 Å². The number of hydrogen-bond acceptors (Lipinski definition) is 4. The van der Waals surface area contributed by atoms with Crippen LogP contribution in [0.3, 0.4) is 0 Å². The van der Waals surface area contributed by atoms with E-state index in [1.165, 1.54) is 38.5 Å². The van der Waals surface area contributed by atoms with Gasteiger partial charge < -0.3 is 15.3 Å². The molecule has 5 rings (SSSR count). The van der Waals surface area contributed by atoms with Crippen molar-refractivity contribution in [3.8, 4) is 0 Å². The monoisotopic (exact) mass is 262 g/mol. The number of aliphatic hydroxyl groups excluding tert-OH is 1. The first-order valence-electron chi connectivity index (χ1n) is 7.51. The van der Waals surface area contributed by atoms with Crippen LogP contribution in [0.2, 0.25) is 0 Å². The molecule has 19 heavy (non-hydrogen) atoms. The van der Waals surface area contributed by atoms with E-state index in [1.54, 1.807) is 0 Å². The maximum atomic E-state index is 9.11. The van der Waals surface area contributed by atoms with Crippen molar-refractivity contribution in [3.05, 3.63) is 17.8 Å². The van der Waals surface area contributed by atoms with Gasteiger partial charge in [0.1, 0.15) is 11.8 Å². The van der Waals surface area contributed by atoms with Crippen LogP contribution in [0.4, 0.5) is 0 Å². The molecule has 0 radical (unpaired) electrons. The van der Waals surface area contributed by atoms with Crippen LogP contribution in [0.25, 0.3) is 0 Å². The second-order valence-corrected chi connectivity index (χ2v) is 7.05. The zero-order valence-corrected chi connectivity index (χ0v) is 11.2. The Morgan fingerprint density at radius 2 is 1.84 bits per heavy atom. The van der Waals surface area contributed by atoms with Crippen molar-refractivity contribution < 1.29 is 9.52 Å². The average molecular weight is 262 g/mol. The lowest BCUT2D eigenvalue weighted by atomic mass is 9.49. The number of nitrogens with zero attached hydrogens (tertiary/aromatic N) is 1. The third kappa shape index (κ3) is 1.77. The maximum absolute atomic E-state index is 9.11. The van der Waals surface area contributed by atoms with Gasteiger partial charge >= 0.3 is 0 Å². The second-order valence-electron chi connectivity index (χ2n) is 7.05. The lowest BCUT2D eigenvalue weighted by molar-refractivity contribution is -0.0158. The Morgan fingerprint density at radius 1 is 1.26 bits per heavy atom. The van der Waals surface area contributed by atoms with Crippen LogP contribution in [0.5, 0.6) is 0 Å². The molecule has 3 N–H and O–H groups in total.